The maximum Gasteiger partial charge on any atom is 0.227 e. The minimum absolute atomic E-state index is 0.138. The van der Waals surface area contributed by atoms with E-state index in [-0.39, 0.29) is 11.8 Å². The molecule has 1 amide bonds. The van der Waals surface area contributed by atoms with E-state index in [0.29, 0.717) is 13.1 Å². The molecule has 0 spiro atoms. The number of nitrogens with two attached hydrogens (primary N) is 1. The number of amides is 1. The molecular formula is C28H26N6OS2. The van der Waals surface area contributed by atoms with Gasteiger partial charge in [-0.25, -0.2) is 9.97 Å². The normalized spacial score (nSPS) is 17.3. The Balaban J connectivity index is 0.000000146. The number of rotatable bonds is 4. The van der Waals surface area contributed by atoms with Crippen LogP contribution in [0, 0.1) is 5.92 Å². The Bertz CT molecular complexity index is 1540. The third kappa shape index (κ3) is 4.97. The molecule has 2 aromatic heterocycles. The van der Waals surface area contributed by atoms with Crippen LogP contribution < -0.4 is 11.1 Å². The number of hydrogen-bond acceptors (Lipinski definition) is 8. The predicted molar refractivity (Wildman–Crippen MR) is 153 cm³/mol. The van der Waals surface area contributed by atoms with Crippen molar-refractivity contribution in [3.05, 3.63) is 82.1 Å². The van der Waals surface area contributed by atoms with Gasteiger partial charge in [-0.05, 0) is 49.3 Å². The van der Waals surface area contributed by atoms with Crippen LogP contribution in [0.2, 0.25) is 0 Å². The fourth-order valence-electron chi connectivity index (χ4n) is 4.69. The van der Waals surface area contributed by atoms with Crippen LogP contribution in [0.3, 0.4) is 0 Å². The molecule has 0 unspecified atom stereocenters. The number of nitrogens with zero attached hydrogens (tertiary/aromatic N) is 4. The van der Waals surface area contributed by atoms with E-state index in [4.69, 9.17) is 5.73 Å². The van der Waals surface area contributed by atoms with E-state index in [1.807, 2.05) is 48.6 Å². The number of aromatic nitrogens is 2. The number of carbonyl (C=O) groups excluding carboxylic acids is 1. The smallest absolute Gasteiger partial charge is 0.227 e. The van der Waals surface area contributed by atoms with Crippen molar-refractivity contribution in [2.45, 2.75) is 25.7 Å². The molecule has 186 valence electrons. The number of aliphatic imine (C=N–C) groups is 2. The fourth-order valence-corrected chi connectivity index (χ4v) is 6.67. The number of allylic oxidation sites excluding steroid dienone is 2. The van der Waals surface area contributed by atoms with Crippen molar-refractivity contribution in [3.63, 3.8) is 0 Å². The highest BCUT2D eigenvalue weighted by atomic mass is 32.1. The summed E-state index contributed by atoms with van der Waals surface area (Å²) in [6, 6.07) is 16.1. The first kappa shape index (κ1) is 23.7. The van der Waals surface area contributed by atoms with Crippen LogP contribution in [0.1, 0.15) is 35.7 Å². The highest BCUT2D eigenvalue weighted by molar-refractivity contribution is 7.20. The minimum Gasteiger partial charge on any atom is -0.397 e. The highest BCUT2D eigenvalue weighted by Gasteiger charge is 2.26. The van der Waals surface area contributed by atoms with Gasteiger partial charge < -0.3 is 11.1 Å². The summed E-state index contributed by atoms with van der Waals surface area (Å²) in [5.41, 5.74) is 11.1. The van der Waals surface area contributed by atoms with Gasteiger partial charge in [0.15, 0.2) is 0 Å². The molecule has 7 nitrogen and oxygen atoms in total. The van der Waals surface area contributed by atoms with E-state index in [9.17, 15) is 4.79 Å². The lowest BCUT2D eigenvalue weighted by atomic mass is 10.1. The lowest BCUT2D eigenvalue weighted by Crippen LogP contribution is -2.31. The largest absolute Gasteiger partial charge is 0.397 e. The number of para-hydroxylation sites is 2. The third-order valence-electron chi connectivity index (χ3n) is 6.61. The summed E-state index contributed by atoms with van der Waals surface area (Å²) in [5.74, 6) is 0.303. The number of fused-ring (bicyclic) bond motifs is 2. The molecule has 0 atom stereocenters. The quantitative estimate of drug-likeness (QED) is 0.380. The van der Waals surface area contributed by atoms with Crippen LogP contribution in [-0.4, -0.2) is 40.4 Å². The molecule has 0 bridgehead atoms. The molecule has 1 aliphatic carbocycles. The Morgan fingerprint density at radius 1 is 0.811 bits per heavy atom. The molecule has 3 N–H and O–H groups in total. The molecule has 4 heterocycles. The van der Waals surface area contributed by atoms with E-state index < -0.39 is 0 Å². The molecule has 7 rings (SSSR count). The first-order valence-corrected chi connectivity index (χ1v) is 14.1. The predicted octanol–water partition coefficient (Wildman–Crippen LogP) is 5.23. The van der Waals surface area contributed by atoms with Crippen LogP contribution in [-0.2, 0) is 4.79 Å². The van der Waals surface area contributed by atoms with E-state index in [2.05, 4.69) is 37.4 Å². The van der Waals surface area contributed by atoms with Gasteiger partial charge in [0, 0.05) is 5.92 Å². The number of carbonyl (C=O) groups is 1. The monoisotopic (exact) mass is 526 g/mol. The van der Waals surface area contributed by atoms with Crippen molar-refractivity contribution >= 4 is 60.4 Å². The molecule has 1 fully saturated rings. The van der Waals surface area contributed by atoms with Crippen LogP contribution in [0.4, 0.5) is 0 Å². The maximum atomic E-state index is 12.3. The molecule has 4 aromatic rings. The first-order valence-electron chi connectivity index (χ1n) is 12.4. The number of nitrogens with one attached hydrogen (secondary N) is 1. The molecule has 9 heteroatoms. The van der Waals surface area contributed by atoms with Gasteiger partial charge in [0.2, 0.25) is 5.91 Å². The van der Waals surface area contributed by atoms with E-state index in [1.54, 1.807) is 22.7 Å². The number of thiazole rings is 2. The van der Waals surface area contributed by atoms with Crippen molar-refractivity contribution in [1.29, 1.82) is 0 Å². The van der Waals surface area contributed by atoms with Gasteiger partial charge in [0.05, 0.1) is 44.9 Å². The Labute approximate surface area is 222 Å². The van der Waals surface area contributed by atoms with Gasteiger partial charge >= 0.3 is 0 Å². The summed E-state index contributed by atoms with van der Waals surface area (Å²) >= 11 is 3.26. The Hall–Kier alpha value is -3.69. The minimum atomic E-state index is 0.138. The Morgan fingerprint density at radius 3 is 1.97 bits per heavy atom. The maximum absolute atomic E-state index is 12.3. The second kappa shape index (κ2) is 10.4. The molecule has 2 aromatic carbocycles. The van der Waals surface area contributed by atoms with Crippen molar-refractivity contribution < 1.29 is 4.79 Å². The zero-order valence-electron chi connectivity index (χ0n) is 20.2. The van der Waals surface area contributed by atoms with Gasteiger partial charge in [-0.1, -0.05) is 37.1 Å². The Kier molecular flexibility index (Phi) is 6.63. The summed E-state index contributed by atoms with van der Waals surface area (Å²) in [7, 11) is 0. The lowest BCUT2D eigenvalue weighted by Gasteiger charge is -2.11. The van der Waals surface area contributed by atoms with Crippen molar-refractivity contribution in [2.75, 3.05) is 13.1 Å². The second-order valence-electron chi connectivity index (χ2n) is 9.10. The SMILES string of the molecule is NC1=CCN=C1c1nc2ccccc2s1.O=C(NC1=CCN=C1c1nc2ccccc2s1)C1CCCC1. The van der Waals surface area contributed by atoms with Gasteiger partial charge in [-0.2, -0.15) is 0 Å². The summed E-state index contributed by atoms with van der Waals surface area (Å²) in [6.07, 6.45) is 8.24. The van der Waals surface area contributed by atoms with Crippen LogP contribution in [0.5, 0.6) is 0 Å². The molecule has 37 heavy (non-hydrogen) atoms. The standard InChI is InChI=1S/C17H17N3OS.C11H9N3S/c21-16(11-5-1-2-6-11)19-13-9-10-18-15(13)17-20-12-7-3-4-8-14(12)22-17;12-7-5-6-13-10(7)11-14-8-3-1-2-4-9(8)15-11/h3-4,7-9,11H,1-2,5-6,10H2,(H,19,21);1-5H,6,12H2. The van der Waals surface area contributed by atoms with Crippen LogP contribution in [0.25, 0.3) is 20.4 Å². The van der Waals surface area contributed by atoms with E-state index >= 15 is 0 Å². The zero-order valence-corrected chi connectivity index (χ0v) is 21.8. The van der Waals surface area contributed by atoms with Crippen molar-refractivity contribution in [2.24, 2.45) is 21.6 Å². The number of hydrogen-bond donors (Lipinski definition) is 2. The summed E-state index contributed by atoms with van der Waals surface area (Å²) in [4.78, 5) is 30.3. The van der Waals surface area contributed by atoms with Crippen LogP contribution in [0.15, 0.2) is 82.1 Å². The fraction of sp³-hybridized carbons (Fsp3) is 0.250. The molecule has 0 saturated heterocycles. The Morgan fingerprint density at radius 2 is 1.38 bits per heavy atom. The summed E-state index contributed by atoms with van der Waals surface area (Å²) in [6.45, 7) is 1.29. The molecule has 2 aliphatic heterocycles. The summed E-state index contributed by atoms with van der Waals surface area (Å²) < 4.78 is 2.32. The molecule has 3 aliphatic rings. The van der Waals surface area contributed by atoms with Gasteiger partial charge in [-0.15, -0.1) is 22.7 Å². The van der Waals surface area contributed by atoms with Crippen molar-refractivity contribution in [3.8, 4) is 0 Å². The highest BCUT2D eigenvalue weighted by Crippen LogP contribution is 2.28. The average Bonchev–Trinajstić information content (AvgIpc) is 3.73. The van der Waals surface area contributed by atoms with Crippen molar-refractivity contribution in [1.82, 2.24) is 15.3 Å². The topological polar surface area (TPSA) is 106 Å². The van der Waals surface area contributed by atoms with E-state index in [1.165, 1.54) is 4.70 Å². The third-order valence-corrected chi connectivity index (χ3v) is 8.70. The number of benzene rings is 2. The van der Waals surface area contributed by atoms with Gasteiger partial charge in [-0.3, -0.25) is 14.8 Å². The molecular weight excluding hydrogens is 500 g/mol. The van der Waals surface area contributed by atoms with Gasteiger partial charge in [0.1, 0.15) is 21.4 Å². The second-order valence-corrected chi connectivity index (χ2v) is 11.2. The summed E-state index contributed by atoms with van der Waals surface area (Å²) in [5, 5.41) is 4.88. The van der Waals surface area contributed by atoms with Gasteiger partial charge in [0.25, 0.3) is 0 Å². The zero-order chi connectivity index (χ0) is 25.2. The lowest BCUT2D eigenvalue weighted by molar-refractivity contribution is -0.123. The van der Waals surface area contributed by atoms with Crippen LogP contribution >= 0.6 is 22.7 Å². The van der Waals surface area contributed by atoms with E-state index in [0.717, 1.165) is 74.2 Å². The average molecular weight is 527 g/mol. The molecule has 0 radical (unpaired) electrons. The first-order chi connectivity index (χ1) is 18.2. The molecule has 1 saturated carbocycles.